The summed E-state index contributed by atoms with van der Waals surface area (Å²) in [6.45, 7) is 3.97. The molecule has 2 saturated heterocycles. The summed E-state index contributed by atoms with van der Waals surface area (Å²) in [5.41, 5.74) is 0.395. The molecule has 25 heavy (non-hydrogen) atoms. The summed E-state index contributed by atoms with van der Waals surface area (Å²) < 4.78 is 33.3. The van der Waals surface area contributed by atoms with Gasteiger partial charge in [0.2, 0.25) is 0 Å². The van der Waals surface area contributed by atoms with Crippen molar-refractivity contribution in [2.75, 3.05) is 37.7 Å². The van der Waals surface area contributed by atoms with Gasteiger partial charge in [0.1, 0.15) is 5.82 Å². The predicted octanol–water partition coefficient (Wildman–Crippen LogP) is 2.09. The molecule has 0 saturated carbocycles. The molecule has 0 radical (unpaired) electrons. The lowest BCUT2D eigenvalue weighted by Crippen LogP contribution is -2.44. The van der Waals surface area contributed by atoms with E-state index in [1.807, 2.05) is 0 Å². The van der Waals surface area contributed by atoms with Crippen LogP contribution in [-0.4, -0.2) is 53.8 Å². The molecule has 7 heteroatoms. The molecule has 3 heterocycles. The molecule has 0 spiro atoms. The van der Waals surface area contributed by atoms with Crippen molar-refractivity contribution in [1.82, 2.24) is 14.9 Å². The van der Waals surface area contributed by atoms with Crippen molar-refractivity contribution in [2.45, 2.75) is 12.6 Å². The SMILES string of the molecule is Fc1cccc(CN2C[C@@H]3COC[C@H](C2)N(c2cnccn2)C3)c1F. The Morgan fingerprint density at radius 3 is 2.88 bits per heavy atom. The first-order valence-electron chi connectivity index (χ1n) is 8.46. The standard InChI is InChI=1S/C18H20F2N4O/c19-16-3-1-2-14(18(16)20)9-23-7-13-8-24(15(10-23)12-25-11-13)17-6-21-4-5-22-17/h1-6,13,15H,7-12H2/t13-,15-/m0/s1. The van der Waals surface area contributed by atoms with E-state index >= 15 is 0 Å². The largest absolute Gasteiger partial charge is 0.379 e. The number of anilines is 1. The molecule has 5 nitrogen and oxygen atoms in total. The number of hydrogen-bond acceptors (Lipinski definition) is 5. The minimum atomic E-state index is -0.794. The molecule has 0 N–H and O–H groups in total. The first kappa shape index (κ1) is 16.4. The average Bonchev–Trinajstić information content (AvgIpc) is 2.90. The van der Waals surface area contributed by atoms with Crippen molar-refractivity contribution in [3.05, 3.63) is 54.0 Å². The van der Waals surface area contributed by atoms with Crippen LogP contribution in [0.2, 0.25) is 0 Å². The topological polar surface area (TPSA) is 41.5 Å². The highest BCUT2D eigenvalue weighted by Gasteiger charge is 2.34. The number of benzene rings is 1. The molecule has 2 fully saturated rings. The Kier molecular flexibility index (Phi) is 4.59. The third-order valence-electron chi connectivity index (χ3n) is 4.81. The fourth-order valence-corrected chi connectivity index (χ4v) is 3.70. The zero-order valence-electron chi connectivity index (χ0n) is 13.8. The monoisotopic (exact) mass is 346 g/mol. The summed E-state index contributed by atoms with van der Waals surface area (Å²) in [6, 6.07) is 4.47. The fraction of sp³-hybridized carbons (Fsp3) is 0.444. The van der Waals surface area contributed by atoms with Gasteiger partial charge in [0.15, 0.2) is 11.6 Å². The highest BCUT2D eigenvalue weighted by molar-refractivity contribution is 5.38. The van der Waals surface area contributed by atoms with Crippen LogP contribution in [0, 0.1) is 17.6 Å². The molecule has 1 aromatic heterocycles. The summed E-state index contributed by atoms with van der Waals surface area (Å²) in [5.74, 6) is -0.427. The molecule has 0 unspecified atom stereocenters. The van der Waals surface area contributed by atoms with E-state index in [1.54, 1.807) is 30.7 Å². The first-order valence-corrected chi connectivity index (χ1v) is 8.46. The third kappa shape index (κ3) is 3.48. The summed E-state index contributed by atoms with van der Waals surface area (Å²) in [4.78, 5) is 13.0. The molecular formula is C18H20F2N4O. The molecule has 0 aliphatic carbocycles. The molecular weight excluding hydrogens is 326 g/mol. The maximum absolute atomic E-state index is 14.0. The number of nitrogens with zero attached hydrogens (tertiary/aromatic N) is 4. The van der Waals surface area contributed by atoms with Gasteiger partial charge in [-0.2, -0.15) is 0 Å². The van der Waals surface area contributed by atoms with Gasteiger partial charge in [-0.1, -0.05) is 12.1 Å². The molecule has 2 bridgehead atoms. The van der Waals surface area contributed by atoms with Gasteiger partial charge >= 0.3 is 0 Å². The zero-order chi connectivity index (χ0) is 17.2. The Balaban J connectivity index is 1.56. The molecule has 0 amide bonds. The van der Waals surface area contributed by atoms with E-state index in [-0.39, 0.29) is 12.0 Å². The summed E-state index contributed by atoms with van der Waals surface area (Å²) in [6.07, 6.45) is 5.10. The lowest BCUT2D eigenvalue weighted by atomic mass is 10.1. The number of fused-ring (bicyclic) bond motifs is 3. The molecule has 2 aromatic rings. The summed E-state index contributed by atoms with van der Waals surface area (Å²) >= 11 is 0. The van der Waals surface area contributed by atoms with Crippen LogP contribution in [-0.2, 0) is 11.3 Å². The smallest absolute Gasteiger partial charge is 0.163 e. The Morgan fingerprint density at radius 2 is 2.04 bits per heavy atom. The molecule has 4 rings (SSSR count). The molecule has 2 aliphatic heterocycles. The van der Waals surface area contributed by atoms with Gasteiger partial charge in [0.25, 0.3) is 0 Å². The van der Waals surface area contributed by atoms with Crippen molar-refractivity contribution in [3.8, 4) is 0 Å². The Morgan fingerprint density at radius 1 is 1.12 bits per heavy atom. The normalized spacial score (nSPS) is 24.2. The van der Waals surface area contributed by atoms with Crippen LogP contribution in [0.4, 0.5) is 14.6 Å². The van der Waals surface area contributed by atoms with E-state index in [1.165, 1.54) is 0 Å². The van der Waals surface area contributed by atoms with Crippen molar-refractivity contribution in [1.29, 1.82) is 0 Å². The van der Waals surface area contributed by atoms with E-state index in [4.69, 9.17) is 4.74 Å². The van der Waals surface area contributed by atoms with Crippen molar-refractivity contribution >= 4 is 5.82 Å². The maximum atomic E-state index is 14.0. The number of hydrogen-bond donors (Lipinski definition) is 0. The van der Waals surface area contributed by atoms with Crippen molar-refractivity contribution < 1.29 is 13.5 Å². The number of rotatable bonds is 3. The van der Waals surface area contributed by atoms with Crippen LogP contribution in [0.15, 0.2) is 36.8 Å². The second-order valence-electron chi connectivity index (χ2n) is 6.68. The van der Waals surface area contributed by atoms with Gasteiger partial charge in [-0.25, -0.2) is 13.8 Å². The van der Waals surface area contributed by atoms with Crippen LogP contribution in [0.5, 0.6) is 0 Å². The first-order chi connectivity index (χ1) is 12.2. The second kappa shape index (κ2) is 7.01. The van der Waals surface area contributed by atoms with Crippen LogP contribution < -0.4 is 4.90 Å². The molecule has 132 valence electrons. The zero-order valence-corrected chi connectivity index (χ0v) is 13.8. The quantitative estimate of drug-likeness (QED) is 0.851. The van der Waals surface area contributed by atoms with Crippen LogP contribution >= 0.6 is 0 Å². The van der Waals surface area contributed by atoms with Gasteiger partial charge in [0.05, 0.1) is 25.5 Å². The second-order valence-corrected chi connectivity index (χ2v) is 6.68. The summed E-state index contributed by atoms with van der Waals surface area (Å²) in [5, 5.41) is 0. The van der Waals surface area contributed by atoms with E-state index in [0.29, 0.717) is 31.9 Å². The molecule has 2 aliphatic rings. The van der Waals surface area contributed by atoms with Crippen LogP contribution in [0.1, 0.15) is 5.56 Å². The van der Waals surface area contributed by atoms with Gasteiger partial charge < -0.3 is 9.64 Å². The Hall–Kier alpha value is -2.12. The van der Waals surface area contributed by atoms with E-state index in [9.17, 15) is 8.78 Å². The molecule has 1 aromatic carbocycles. The van der Waals surface area contributed by atoms with E-state index in [2.05, 4.69) is 19.8 Å². The van der Waals surface area contributed by atoms with Gasteiger partial charge in [-0.05, 0) is 6.07 Å². The minimum Gasteiger partial charge on any atom is -0.379 e. The number of ether oxygens (including phenoxy) is 1. The minimum absolute atomic E-state index is 0.112. The van der Waals surface area contributed by atoms with Crippen molar-refractivity contribution in [3.63, 3.8) is 0 Å². The number of halogens is 2. The maximum Gasteiger partial charge on any atom is 0.163 e. The Bertz CT molecular complexity index is 730. The van der Waals surface area contributed by atoms with Crippen LogP contribution in [0.25, 0.3) is 0 Å². The van der Waals surface area contributed by atoms with Crippen LogP contribution in [0.3, 0.4) is 0 Å². The van der Waals surface area contributed by atoms with E-state index in [0.717, 1.165) is 25.0 Å². The predicted molar refractivity (Wildman–Crippen MR) is 89.1 cm³/mol. The Labute approximate surface area is 145 Å². The highest BCUT2D eigenvalue weighted by atomic mass is 19.2. The lowest BCUT2D eigenvalue weighted by Gasteiger charge is -2.31. The van der Waals surface area contributed by atoms with Gasteiger partial charge in [-0.3, -0.25) is 9.88 Å². The highest BCUT2D eigenvalue weighted by Crippen LogP contribution is 2.25. The van der Waals surface area contributed by atoms with Gasteiger partial charge in [0, 0.05) is 50.1 Å². The van der Waals surface area contributed by atoms with Crippen molar-refractivity contribution in [2.24, 2.45) is 5.92 Å². The number of aromatic nitrogens is 2. The fourth-order valence-electron chi connectivity index (χ4n) is 3.70. The van der Waals surface area contributed by atoms with E-state index < -0.39 is 11.6 Å². The molecule has 2 atom stereocenters. The third-order valence-corrected chi connectivity index (χ3v) is 4.81. The summed E-state index contributed by atoms with van der Waals surface area (Å²) in [7, 11) is 0. The lowest BCUT2D eigenvalue weighted by molar-refractivity contribution is 0.0623. The average molecular weight is 346 g/mol. The van der Waals surface area contributed by atoms with Gasteiger partial charge in [-0.15, -0.1) is 0 Å².